The smallest absolute Gasteiger partial charge is 0.408 e. The molecule has 3 aliphatic heterocycles. The summed E-state index contributed by atoms with van der Waals surface area (Å²) in [6.07, 6.45) is 1.98. The molecule has 7 nitrogen and oxygen atoms in total. The number of fused-ring (bicyclic) bond motifs is 3. The lowest BCUT2D eigenvalue weighted by molar-refractivity contribution is -0.000812. The van der Waals surface area contributed by atoms with Gasteiger partial charge in [0, 0.05) is 12.1 Å². The largest absolute Gasteiger partial charge is 0.490 e. The average Bonchev–Trinajstić information content (AvgIpc) is 2.95. The van der Waals surface area contributed by atoms with Crippen molar-refractivity contribution < 1.29 is 24.2 Å². The van der Waals surface area contributed by atoms with Crippen molar-refractivity contribution in [3.8, 4) is 11.5 Å². The summed E-state index contributed by atoms with van der Waals surface area (Å²) < 4.78 is 11.7. The number of carboxylic acid groups (broad SMARTS) is 1. The number of benzene rings is 3. The van der Waals surface area contributed by atoms with Crippen molar-refractivity contribution in [1.82, 2.24) is 9.80 Å². The Labute approximate surface area is 217 Å². The minimum absolute atomic E-state index is 0.0474. The molecule has 0 spiro atoms. The summed E-state index contributed by atoms with van der Waals surface area (Å²) >= 11 is 0. The molecule has 0 aliphatic carbocycles. The van der Waals surface area contributed by atoms with Crippen molar-refractivity contribution in [1.29, 1.82) is 0 Å². The van der Waals surface area contributed by atoms with Crippen molar-refractivity contribution in [2.24, 2.45) is 5.92 Å². The highest BCUT2D eigenvalue weighted by atomic mass is 16.5. The summed E-state index contributed by atoms with van der Waals surface area (Å²) in [7, 11) is 0. The topological polar surface area (TPSA) is 79.3 Å². The van der Waals surface area contributed by atoms with Gasteiger partial charge in [0.25, 0.3) is 0 Å². The van der Waals surface area contributed by atoms with E-state index in [4.69, 9.17) is 9.47 Å². The molecule has 192 valence electrons. The minimum atomic E-state index is -0.895. The third-order valence-electron chi connectivity index (χ3n) is 7.40. The lowest BCUT2D eigenvalue weighted by Crippen LogP contribution is -2.59. The summed E-state index contributed by atoms with van der Waals surface area (Å²) in [5.41, 5.74) is 2.43. The quantitative estimate of drug-likeness (QED) is 0.308. The maximum Gasteiger partial charge on any atom is 0.408 e. The number of amides is 1. The second-order valence-corrected chi connectivity index (χ2v) is 9.66. The minimum Gasteiger partial charge on any atom is -0.490 e. The number of piperidine rings is 3. The number of ether oxygens (including phenoxy) is 2. The highest BCUT2D eigenvalue weighted by molar-refractivity contribution is 5.74. The lowest BCUT2D eigenvalue weighted by Gasteiger charge is -2.50. The number of carbonyl (C=O) groups excluding carboxylic acids is 1. The van der Waals surface area contributed by atoms with Crippen molar-refractivity contribution in [3.63, 3.8) is 0 Å². The molecule has 0 aromatic heterocycles. The maximum absolute atomic E-state index is 12.8. The molecule has 37 heavy (non-hydrogen) atoms. The fourth-order valence-electron chi connectivity index (χ4n) is 5.58. The normalized spacial score (nSPS) is 21.1. The van der Waals surface area contributed by atoms with Crippen LogP contribution >= 0.6 is 0 Å². The van der Waals surface area contributed by atoms with Crippen LogP contribution < -0.4 is 9.47 Å². The van der Waals surface area contributed by atoms with Gasteiger partial charge >= 0.3 is 6.09 Å². The van der Waals surface area contributed by atoms with Crippen LogP contribution in [-0.2, 0) is 0 Å². The summed E-state index contributed by atoms with van der Waals surface area (Å²) in [5, 5.41) is 10.5. The number of rotatable bonds is 10. The molecule has 1 unspecified atom stereocenters. The number of carbonyl (C=O) groups is 2. The first-order chi connectivity index (χ1) is 18.1. The second-order valence-electron chi connectivity index (χ2n) is 9.66. The predicted molar refractivity (Wildman–Crippen MR) is 140 cm³/mol. The third kappa shape index (κ3) is 5.78. The average molecular weight is 501 g/mol. The van der Waals surface area contributed by atoms with Gasteiger partial charge in [-0.25, -0.2) is 4.79 Å². The zero-order valence-electron chi connectivity index (χ0n) is 20.7. The third-order valence-corrected chi connectivity index (χ3v) is 7.40. The van der Waals surface area contributed by atoms with Gasteiger partial charge in [-0.1, -0.05) is 42.5 Å². The van der Waals surface area contributed by atoms with E-state index in [1.165, 1.54) is 0 Å². The monoisotopic (exact) mass is 500 g/mol. The highest BCUT2D eigenvalue weighted by Crippen LogP contribution is 2.39. The molecule has 3 aliphatic rings. The molecule has 6 rings (SSSR count). The molecule has 1 N–H and O–H groups in total. The molecule has 2 atom stereocenters. The van der Waals surface area contributed by atoms with Crippen LogP contribution in [0.2, 0.25) is 0 Å². The molecule has 1 amide bonds. The van der Waals surface area contributed by atoms with Crippen LogP contribution in [0.5, 0.6) is 11.5 Å². The van der Waals surface area contributed by atoms with Gasteiger partial charge in [0.2, 0.25) is 0 Å². The van der Waals surface area contributed by atoms with E-state index in [-0.39, 0.29) is 6.04 Å². The highest BCUT2D eigenvalue weighted by Gasteiger charge is 2.43. The zero-order chi connectivity index (χ0) is 25.6. The summed E-state index contributed by atoms with van der Waals surface area (Å²) in [6.45, 7) is 3.56. The fraction of sp³-hybridized carbons (Fsp3) is 0.333. The first-order valence-electron chi connectivity index (χ1n) is 12.8. The Kier molecular flexibility index (Phi) is 7.70. The second kappa shape index (κ2) is 11.5. The molecule has 7 heteroatoms. The van der Waals surface area contributed by atoms with Crippen molar-refractivity contribution in [2.75, 3.05) is 32.8 Å². The van der Waals surface area contributed by atoms with E-state index in [0.717, 1.165) is 49.9 Å². The molecule has 3 heterocycles. The van der Waals surface area contributed by atoms with E-state index in [1.807, 2.05) is 54.6 Å². The molecule has 2 bridgehead atoms. The Morgan fingerprint density at radius 3 is 2.22 bits per heavy atom. The first-order valence-corrected chi connectivity index (χ1v) is 12.8. The number of nitrogens with zero attached hydrogens (tertiary/aromatic N) is 2. The molecule has 0 saturated carbocycles. The van der Waals surface area contributed by atoms with E-state index >= 15 is 0 Å². The molecular weight excluding hydrogens is 468 g/mol. The van der Waals surface area contributed by atoms with Crippen molar-refractivity contribution in [2.45, 2.75) is 24.9 Å². The Morgan fingerprint density at radius 2 is 1.59 bits per heavy atom. The molecule has 3 fully saturated rings. The fourth-order valence-corrected chi connectivity index (χ4v) is 5.58. The molecule has 3 saturated heterocycles. The maximum atomic E-state index is 12.8. The van der Waals surface area contributed by atoms with Crippen molar-refractivity contribution in [3.05, 3.63) is 95.6 Å². The molecule has 3 aromatic rings. The number of hydrogen-bond donors (Lipinski definition) is 1. The van der Waals surface area contributed by atoms with Gasteiger partial charge in [-0.3, -0.25) is 9.69 Å². The Hall–Kier alpha value is -3.84. The van der Waals surface area contributed by atoms with Gasteiger partial charge in [0.1, 0.15) is 31.0 Å². The van der Waals surface area contributed by atoms with Gasteiger partial charge in [-0.05, 0) is 79.4 Å². The molecular formula is C30H32N2O5. The number of hydrogen-bond acceptors (Lipinski definition) is 5. The van der Waals surface area contributed by atoms with Crippen LogP contribution in [-0.4, -0.2) is 66.2 Å². The Bertz CT molecular complexity index is 1190. The van der Waals surface area contributed by atoms with E-state index in [2.05, 4.69) is 4.90 Å². The van der Waals surface area contributed by atoms with Crippen molar-refractivity contribution >= 4 is 12.4 Å². The van der Waals surface area contributed by atoms with Crippen LogP contribution in [0.15, 0.2) is 78.9 Å². The van der Waals surface area contributed by atoms with E-state index in [0.29, 0.717) is 36.2 Å². The van der Waals surface area contributed by atoms with E-state index in [9.17, 15) is 14.7 Å². The number of aldehydes is 1. The van der Waals surface area contributed by atoms with Gasteiger partial charge in [-0.2, -0.15) is 0 Å². The Balaban J connectivity index is 1.34. The SMILES string of the molecule is O=Cc1ccc(OCCOc2cccc(C(c3ccccc3)N(C(=O)O)[C@H]3CN4CCC3CC4)c2)cc1. The van der Waals surface area contributed by atoms with Gasteiger partial charge in [0.15, 0.2) is 0 Å². The summed E-state index contributed by atoms with van der Waals surface area (Å²) in [5.74, 6) is 1.71. The first kappa shape index (κ1) is 24.8. The van der Waals surface area contributed by atoms with Gasteiger partial charge in [-0.15, -0.1) is 0 Å². The van der Waals surface area contributed by atoms with Crippen LogP contribution in [0.1, 0.15) is 40.4 Å². The van der Waals surface area contributed by atoms with E-state index in [1.54, 1.807) is 29.2 Å². The predicted octanol–water partition coefficient (Wildman–Crippen LogP) is 5.12. The van der Waals surface area contributed by atoms with Gasteiger partial charge in [0.05, 0.1) is 12.1 Å². The lowest BCUT2D eigenvalue weighted by atomic mass is 9.81. The zero-order valence-corrected chi connectivity index (χ0v) is 20.7. The van der Waals surface area contributed by atoms with Crippen LogP contribution in [0.3, 0.4) is 0 Å². The molecule has 0 radical (unpaired) electrons. The van der Waals surface area contributed by atoms with Crippen LogP contribution in [0.25, 0.3) is 0 Å². The summed E-state index contributed by atoms with van der Waals surface area (Å²) in [6, 6.07) is 24.0. The van der Waals surface area contributed by atoms with E-state index < -0.39 is 12.1 Å². The molecule has 3 aromatic carbocycles. The van der Waals surface area contributed by atoms with Gasteiger partial charge < -0.3 is 19.5 Å². The summed E-state index contributed by atoms with van der Waals surface area (Å²) in [4.78, 5) is 27.6. The van der Waals surface area contributed by atoms with Crippen LogP contribution in [0, 0.1) is 5.92 Å². The Morgan fingerprint density at radius 1 is 0.919 bits per heavy atom. The standard InChI is InChI=1S/C30H32N2O5/c33-21-22-9-11-26(12-10-22)36-17-18-37-27-8-4-7-25(19-27)29(24-5-2-1-3-6-24)32(30(34)35)28-20-31-15-13-23(28)14-16-31/h1-12,19,21,23,28-29H,13-18,20H2,(H,34,35)/t28-,29?/m0/s1. The van der Waals surface area contributed by atoms with Crippen LogP contribution in [0.4, 0.5) is 4.79 Å².